The molecule has 33 heavy (non-hydrogen) atoms. The molecular weight excluding hydrogens is 446 g/mol. The van der Waals surface area contributed by atoms with Gasteiger partial charge in [-0.05, 0) is 56.2 Å². The Morgan fingerprint density at radius 3 is 2.39 bits per heavy atom. The van der Waals surface area contributed by atoms with Crippen LogP contribution in [0.2, 0.25) is 5.02 Å². The molecule has 0 saturated carbocycles. The van der Waals surface area contributed by atoms with Crippen LogP contribution < -0.4 is 14.2 Å². The zero-order valence-electron chi connectivity index (χ0n) is 19.2. The number of amides is 1. The number of hydrogen-bond donors (Lipinski definition) is 1. The highest BCUT2D eigenvalue weighted by Crippen LogP contribution is 2.43. The molecule has 1 aliphatic heterocycles. The number of aliphatic hydroxyl groups is 1. The van der Waals surface area contributed by atoms with Gasteiger partial charge in [0.25, 0.3) is 11.7 Å². The maximum atomic E-state index is 13.1. The number of nitrogens with zero attached hydrogens (tertiary/aromatic N) is 1. The molecule has 0 aliphatic carbocycles. The normalized spacial score (nSPS) is 17.4. The van der Waals surface area contributed by atoms with Gasteiger partial charge in [-0.3, -0.25) is 9.59 Å². The van der Waals surface area contributed by atoms with Crippen molar-refractivity contribution in [1.29, 1.82) is 0 Å². The van der Waals surface area contributed by atoms with Crippen LogP contribution in [0, 0.1) is 0 Å². The van der Waals surface area contributed by atoms with E-state index in [0.29, 0.717) is 49.0 Å². The maximum Gasteiger partial charge on any atom is 0.295 e. The van der Waals surface area contributed by atoms with E-state index < -0.39 is 17.7 Å². The van der Waals surface area contributed by atoms with Crippen LogP contribution in [0.1, 0.15) is 44.4 Å². The van der Waals surface area contributed by atoms with Crippen molar-refractivity contribution in [3.63, 3.8) is 0 Å². The number of methoxy groups -OCH3 is 1. The Hall–Kier alpha value is -3.19. The van der Waals surface area contributed by atoms with Crippen LogP contribution in [-0.4, -0.2) is 48.6 Å². The topological polar surface area (TPSA) is 85.3 Å². The molecule has 176 valence electrons. The molecule has 0 aromatic heterocycles. The zero-order valence-corrected chi connectivity index (χ0v) is 19.9. The van der Waals surface area contributed by atoms with E-state index >= 15 is 0 Å². The van der Waals surface area contributed by atoms with Crippen LogP contribution >= 0.6 is 11.6 Å². The second kappa shape index (κ2) is 10.6. The van der Waals surface area contributed by atoms with Crippen LogP contribution in [0.5, 0.6) is 17.2 Å². The van der Waals surface area contributed by atoms with Crippen LogP contribution in [0.25, 0.3) is 5.76 Å². The van der Waals surface area contributed by atoms with E-state index in [1.165, 1.54) is 12.0 Å². The number of aliphatic hydroxyl groups excluding tert-OH is 1. The Kier molecular flexibility index (Phi) is 7.87. The first-order valence-electron chi connectivity index (χ1n) is 10.9. The van der Waals surface area contributed by atoms with Crippen molar-refractivity contribution >= 4 is 29.1 Å². The van der Waals surface area contributed by atoms with E-state index in [-0.39, 0.29) is 21.9 Å². The number of ketones is 1. The zero-order chi connectivity index (χ0) is 24.1. The fraction of sp³-hybridized carbons (Fsp3) is 0.360. The average molecular weight is 474 g/mol. The smallest absolute Gasteiger partial charge is 0.295 e. The number of benzene rings is 2. The molecule has 1 amide bonds. The summed E-state index contributed by atoms with van der Waals surface area (Å²) in [5.41, 5.74) is 0.808. The van der Waals surface area contributed by atoms with Crippen molar-refractivity contribution in [3.05, 3.63) is 58.1 Å². The van der Waals surface area contributed by atoms with E-state index in [2.05, 4.69) is 0 Å². The number of carbonyl (C=O) groups is 2. The second-order valence-corrected chi connectivity index (χ2v) is 7.82. The standard InChI is InChI=1S/C25H28ClNO6/c1-5-12-27-22(15-8-11-19(31-4)20(13-15)33-7-3)21(24(29)25(27)30)23(28)17-14-16(32-6-2)9-10-18(17)26/h8-11,13-14,22,28H,5-7,12H2,1-4H3/b23-21+. The van der Waals surface area contributed by atoms with Crippen molar-refractivity contribution in [1.82, 2.24) is 4.90 Å². The third kappa shape index (κ3) is 4.78. The summed E-state index contributed by atoms with van der Waals surface area (Å²) in [6.45, 7) is 6.78. The van der Waals surface area contributed by atoms with E-state index in [1.807, 2.05) is 20.8 Å². The minimum absolute atomic E-state index is 0.0309. The largest absolute Gasteiger partial charge is 0.507 e. The molecule has 1 heterocycles. The summed E-state index contributed by atoms with van der Waals surface area (Å²) in [6, 6.07) is 9.22. The molecular formula is C25H28ClNO6. The fourth-order valence-electron chi connectivity index (χ4n) is 3.92. The van der Waals surface area contributed by atoms with E-state index in [4.69, 9.17) is 25.8 Å². The van der Waals surface area contributed by atoms with Crippen LogP contribution in [-0.2, 0) is 9.59 Å². The van der Waals surface area contributed by atoms with Crippen LogP contribution in [0.3, 0.4) is 0 Å². The van der Waals surface area contributed by atoms with Crippen molar-refractivity contribution in [2.24, 2.45) is 0 Å². The van der Waals surface area contributed by atoms with Gasteiger partial charge >= 0.3 is 0 Å². The molecule has 0 bridgehead atoms. The van der Waals surface area contributed by atoms with Gasteiger partial charge < -0.3 is 24.2 Å². The first kappa shape index (κ1) is 24.5. The Labute approximate surface area is 198 Å². The molecule has 7 nitrogen and oxygen atoms in total. The quantitative estimate of drug-likeness (QED) is 0.314. The Bertz CT molecular complexity index is 1080. The molecule has 2 aromatic carbocycles. The van der Waals surface area contributed by atoms with Gasteiger partial charge in [0.05, 0.1) is 37.0 Å². The molecule has 1 fully saturated rings. The maximum absolute atomic E-state index is 13.1. The monoisotopic (exact) mass is 473 g/mol. The highest BCUT2D eigenvalue weighted by molar-refractivity contribution is 6.47. The predicted molar refractivity (Wildman–Crippen MR) is 126 cm³/mol. The number of likely N-dealkylation sites (tertiary alicyclic amines) is 1. The van der Waals surface area contributed by atoms with Gasteiger partial charge in [0.2, 0.25) is 0 Å². The van der Waals surface area contributed by atoms with Crippen LogP contribution in [0.4, 0.5) is 0 Å². The minimum Gasteiger partial charge on any atom is -0.507 e. The molecule has 8 heteroatoms. The van der Waals surface area contributed by atoms with Crippen molar-refractivity contribution in [2.75, 3.05) is 26.9 Å². The molecule has 0 spiro atoms. The molecule has 3 rings (SSSR count). The summed E-state index contributed by atoms with van der Waals surface area (Å²) in [6.07, 6.45) is 0.638. The first-order chi connectivity index (χ1) is 15.9. The lowest BCUT2D eigenvalue weighted by molar-refractivity contribution is -0.139. The first-order valence-corrected chi connectivity index (χ1v) is 11.3. The SMILES string of the molecule is CCCN1C(=O)C(=O)/C(=C(/O)c2cc(OCC)ccc2Cl)C1c1ccc(OC)c(OCC)c1. The fourth-order valence-corrected chi connectivity index (χ4v) is 4.12. The van der Waals surface area contributed by atoms with Gasteiger partial charge in [-0.25, -0.2) is 0 Å². The summed E-state index contributed by atoms with van der Waals surface area (Å²) >= 11 is 6.35. The lowest BCUT2D eigenvalue weighted by Gasteiger charge is -2.25. The molecule has 1 saturated heterocycles. The molecule has 1 atom stereocenters. The Morgan fingerprint density at radius 2 is 1.76 bits per heavy atom. The molecule has 1 aliphatic rings. The lowest BCUT2D eigenvalue weighted by atomic mass is 9.94. The van der Waals surface area contributed by atoms with Gasteiger partial charge in [0.15, 0.2) is 11.5 Å². The average Bonchev–Trinajstić information content (AvgIpc) is 3.05. The number of halogens is 1. The number of rotatable bonds is 9. The number of carbonyl (C=O) groups excluding carboxylic acids is 2. The Morgan fingerprint density at radius 1 is 1.03 bits per heavy atom. The minimum atomic E-state index is -0.804. The highest BCUT2D eigenvalue weighted by atomic mass is 35.5. The number of Topliss-reactive ketones (excluding diaryl/α,β-unsaturated/α-hetero) is 1. The summed E-state index contributed by atoms with van der Waals surface area (Å²) < 4.78 is 16.6. The molecule has 2 aromatic rings. The number of ether oxygens (including phenoxy) is 3. The predicted octanol–water partition coefficient (Wildman–Crippen LogP) is 4.98. The van der Waals surface area contributed by atoms with E-state index in [9.17, 15) is 14.7 Å². The molecule has 0 radical (unpaired) electrons. The lowest BCUT2D eigenvalue weighted by Crippen LogP contribution is -2.30. The van der Waals surface area contributed by atoms with Crippen molar-refractivity contribution in [2.45, 2.75) is 33.2 Å². The van der Waals surface area contributed by atoms with E-state index in [0.717, 1.165) is 0 Å². The highest BCUT2D eigenvalue weighted by Gasteiger charge is 2.46. The molecule has 1 N–H and O–H groups in total. The summed E-state index contributed by atoms with van der Waals surface area (Å²) in [5.74, 6) is -0.286. The van der Waals surface area contributed by atoms with Gasteiger partial charge in [-0.2, -0.15) is 0 Å². The summed E-state index contributed by atoms with van der Waals surface area (Å²) in [5, 5.41) is 11.5. The van der Waals surface area contributed by atoms with Gasteiger partial charge in [0, 0.05) is 12.1 Å². The third-order valence-electron chi connectivity index (χ3n) is 5.31. The van der Waals surface area contributed by atoms with E-state index in [1.54, 1.807) is 36.4 Å². The van der Waals surface area contributed by atoms with Crippen molar-refractivity contribution < 1.29 is 28.9 Å². The second-order valence-electron chi connectivity index (χ2n) is 7.41. The molecule has 1 unspecified atom stereocenters. The van der Waals surface area contributed by atoms with Crippen molar-refractivity contribution in [3.8, 4) is 17.2 Å². The van der Waals surface area contributed by atoms with Gasteiger partial charge in [-0.15, -0.1) is 0 Å². The summed E-state index contributed by atoms with van der Waals surface area (Å²) in [7, 11) is 1.54. The Balaban J connectivity index is 2.23. The van der Waals surface area contributed by atoms with Crippen LogP contribution in [0.15, 0.2) is 42.0 Å². The van der Waals surface area contributed by atoms with Gasteiger partial charge in [0.1, 0.15) is 11.5 Å². The summed E-state index contributed by atoms with van der Waals surface area (Å²) in [4.78, 5) is 27.5. The number of hydrogen-bond acceptors (Lipinski definition) is 6. The third-order valence-corrected chi connectivity index (χ3v) is 5.64. The van der Waals surface area contributed by atoms with Gasteiger partial charge in [-0.1, -0.05) is 24.6 Å².